The van der Waals surface area contributed by atoms with Crippen molar-refractivity contribution in [1.29, 1.82) is 0 Å². The van der Waals surface area contributed by atoms with Gasteiger partial charge in [0.2, 0.25) is 0 Å². The van der Waals surface area contributed by atoms with Gasteiger partial charge in [-0.25, -0.2) is 0 Å². The van der Waals surface area contributed by atoms with Crippen molar-refractivity contribution in [1.82, 2.24) is 46.6 Å². The maximum atomic E-state index is 14.7. The molecule has 0 saturated carbocycles. The summed E-state index contributed by atoms with van der Waals surface area (Å²) in [6.07, 6.45) is 2.35. The summed E-state index contributed by atoms with van der Waals surface area (Å²) < 4.78 is 18.8. The Morgan fingerprint density at radius 1 is 0.302 bits per heavy atom. The molecular formula is C54H64I9N9O24. The fraction of sp³-hybridized carbons (Fsp3) is 0.463. The Balaban J connectivity index is 1.89. The lowest BCUT2D eigenvalue weighted by atomic mass is 10.1. The van der Waals surface area contributed by atoms with Crippen molar-refractivity contribution in [2.75, 3.05) is 125 Å². The summed E-state index contributed by atoms with van der Waals surface area (Å²) >= 11 is 15.6. The molecule has 4 rings (SSSR count). The Kier molecular flexibility index (Phi) is 38.4. The van der Waals surface area contributed by atoms with Gasteiger partial charge in [-0.05, 0) is 203 Å². The van der Waals surface area contributed by atoms with E-state index in [2.05, 4.69) is 31.9 Å². The van der Waals surface area contributed by atoms with Crippen LogP contribution in [0.2, 0.25) is 0 Å². The highest BCUT2D eigenvalue weighted by Crippen LogP contribution is 2.41. The van der Waals surface area contributed by atoms with Crippen LogP contribution in [-0.4, -0.2) is 291 Å². The van der Waals surface area contributed by atoms with Crippen LogP contribution in [0, 0.1) is 32.1 Å². The third-order valence-electron chi connectivity index (χ3n) is 13.5. The van der Waals surface area contributed by atoms with Gasteiger partial charge in [0, 0.05) is 49.3 Å². The number of hydrogen-bond acceptors (Lipinski definition) is 24. The van der Waals surface area contributed by atoms with Crippen LogP contribution < -0.4 is 46.1 Å². The average molecular weight is 2370 g/mol. The van der Waals surface area contributed by atoms with Crippen molar-refractivity contribution in [2.45, 2.75) is 36.3 Å². The second kappa shape index (κ2) is 42.6. The third kappa shape index (κ3) is 22.6. The smallest absolute Gasteiger partial charge is 0.264 e. The van der Waals surface area contributed by atoms with E-state index < -0.39 is 189 Å². The summed E-state index contributed by atoms with van der Waals surface area (Å²) in [7, 11) is 0. The molecule has 0 radical (unpaired) electrons. The Morgan fingerprint density at radius 2 is 0.479 bits per heavy atom. The van der Waals surface area contributed by atoms with Crippen molar-refractivity contribution in [3.05, 3.63) is 77.9 Å². The van der Waals surface area contributed by atoms with Crippen molar-refractivity contribution >= 4 is 256 Å². The molecule has 532 valence electrons. The Bertz CT molecular complexity index is 3050. The fourth-order valence-electron chi connectivity index (χ4n) is 8.14. The van der Waals surface area contributed by atoms with Crippen LogP contribution in [0.15, 0.2) is 12.4 Å². The minimum atomic E-state index is -1.16. The van der Waals surface area contributed by atoms with Gasteiger partial charge in [0.25, 0.3) is 53.2 Å². The number of ether oxygens (including phenoxy) is 3. The lowest BCUT2D eigenvalue weighted by Gasteiger charge is -2.27. The summed E-state index contributed by atoms with van der Waals surface area (Å²) in [6.45, 7) is -12.2. The van der Waals surface area contributed by atoms with E-state index in [0.29, 0.717) is 0 Å². The lowest BCUT2D eigenvalue weighted by molar-refractivity contribution is -0.136. The molecular weight excluding hydrogens is 2300 g/mol. The largest absolute Gasteiger partial charge is 0.481 e. The van der Waals surface area contributed by atoms with Gasteiger partial charge in [-0.15, -0.1) is 0 Å². The SMILES string of the molecule is O=C(NC(CO)CO)c1c(I)c(OCC(=O)N2C=CN(C(=O)COc3c(I)c(C(=O)NC(CO)CO)c(I)c(C(=O)NC(CO)CO)c3I)CCN(C(=O)COc3c(I)c(C(=O)NC(CO)CO)c(I)c(C(=O)NC(CO)CO)c3I)CC2)c(I)c(C(=O)NC(CO)CO)c1I. The van der Waals surface area contributed by atoms with Crippen molar-refractivity contribution in [3.8, 4) is 17.2 Å². The molecule has 1 heterocycles. The molecule has 0 saturated heterocycles. The van der Waals surface area contributed by atoms with E-state index in [1.165, 1.54) is 17.3 Å². The molecule has 0 aromatic heterocycles. The van der Waals surface area contributed by atoms with Crippen LogP contribution in [0.3, 0.4) is 0 Å². The summed E-state index contributed by atoms with van der Waals surface area (Å²) in [5, 5.41) is 132. The molecule has 18 N–H and O–H groups in total. The summed E-state index contributed by atoms with van der Waals surface area (Å²) in [4.78, 5) is 131. The predicted molar refractivity (Wildman–Crippen MR) is 412 cm³/mol. The minimum absolute atomic E-state index is 0.0309. The molecule has 0 fully saturated rings. The zero-order valence-corrected chi connectivity index (χ0v) is 69.0. The standard InChI is InChI=1S/C54H64I9N9O24/c55-37-31(49(88)64-22(7-73)8-74)40(58)46(41(59)32(37)50(89)65-23(9-75)10-76)94-19-28(85)70-1-2-71(29(86)20-95-47-42(60)33(51(90)66-24(11-77)12-78)38(56)34(43(47)61)52(91)67-25(13-79)14-80)5-6-72(4-3-70)30(87)21-96-48-44(62)35(53(92)68-26(15-81)16-82)39(57)36(45(48)63)54(93)69-27(17-83)18-84/h1-2,22-27,73-84H,3-21H2,(H,64,88)(H,65,89)(H,66,90)(H,67,91)(H,68,92)(H,69,93). The van der Waals surface area contributed by atoms with E-state index >= 15 is 0 Å². The van der Waals surface area contributed by atoms with Gasteiger partial charge in [-0.2, -0.15) is 0 Å². The van der Waals surface area contributed by atoms with Crippen molar-refractivity contribution < 1.29 is 119 Å². The fourth-order valence-corrected chi connectivity index (χ4v) is 21.5. The summed E-state index contributed by atoms with van der Waals surface area (Å²) in [6, 6.07) is -6.94. The number of carbonyl (C=O) groups is 9. The first kappa shape index (κ1) is 86.5. The van der Waals surface area contributed by atoms with Gasteiger partial charge in [0.15, 0.2) is 19.8 Å². The highest BCUT2D eigenvalue weighted by atomic mass is 127. The van der Waals surface area contributed by atoms with E-state index in [9.17, 15) is 104 Å². The number of halogens is 9. The van der Waals surface area contributed by atoms with Crippen molar-refractivity contribution in [2.24, 2.45) is 0 Å². The van der Waals surface area contributed by atoms with Crippen LogP contribution in [0.25, 0.3) is 0 Å². The van der Waals surface area contributed by atoms with Gasteiger partial charge in [-0.1, -0.05) is 0 Å². The number of carbonyl (C=O) groups excluding carboxylic acids is 9. The van der Waals surface area contributed by atoms with Crippen molar-refractivity contribution in [3.63, 3.8) is 0 Å². The van der Waals surface area contributed by atoms with Crippen LogP contribution in [-0.2, 0) is 14.4 Å². The predicted octanol–water partition coefficient (Wildman–Crippen LogP) is -2.87. The molecule has 9 amide bonds. The zero-order chi connectivity index (χ0) is 72.0. The maximum Gasteiger partial charge on any atom is 0.264 e. The molecule has 0 spiro atoms. The molecule has 0 unspecified atom stereocenters. The number of aliphatic hydroxyl groups excluding tert-OH is 12. The van der Waals surface area contributed by atoms with E-state index in [0.717, 1.165) is 9.80 Å². The zero-order valence-electron chi connectivity index (χ0n) is 49.6. The number of nitrogens with zero attached hydrogens (tertiary/aromatic N) is 3. The summed E-state index contributed by atoms with van der Waals surface area (Å²) in [5.74, 6) is -8.43. The number of aliphatic hydroxyl groups is 12. The molecule has 33 nitrogen and oxygen atoms in total. The topological polar surface area (TPSA) is 506 Å². The number of benzene rings is 3. The van der Waals surface area contributed by atoms with Crippen LogP contribution in [0.4, 0.5) is 0 Å². The normalized spacial score (nSPS) is 12.7. The molecule has 0 atom stereocenters. The van der Waals surface area contributed by atoms with Crippen LogP contribution in [0.1, 0.15) is 62.1 Å². The van der Waals surface area contributed by atoms with Gasteiger partial charge in [0.05, 0.1) is 170 Å². The van der Waals surface area contributed by atoms with Gasteiger partial charge < -0.3 is 122 Å². The van der Waals surface area contributed by atoms with E-state index in [-0.39, 0.29) is 109 Å². The molecule has 96 heavy (non-hydrogen) atoms. The van der Waals surface area contributed by atoms with Gasteiger partial charge in [-0.3, -0.25) is 43.2 Å². The quantitative estimate of drug-likeness (QED) is 0.0273. The van der Waals surface area contributed by atoms with E-state index in [1.54, 1.807) is 203 Å². The number of rotatable bonds is 33. The molecule has 3 aromatic carbocycles. The first-order chi connectivity index (χ1) is 45.6. The molecule has 0 bridgehead atoms. The van der Waals surface area contributed by atoms with Gasteiger partial charge in [0.1, 0.15) is 17.2 Å². The minimum Gasteiger partial charge on any atom is -0.481 e. The first-order valence-electron chi connectivity index (χ1n) is 27.8. The highest BCUT2D eigenvalue weighted by Gasteiger charge is 2.36. The molecule has 3 aromatic rings. The Hall–Kier alpha value is -1.88. The third-order valence-corrected chi connectivity index (χ3v) is 22.9. The first-order valence-corrected chi connectivity index (χ1v) is 37.5. The van der Waals surface area contributed by atoms with Gasteiger partial charge >= 0.3 is 0 Å². The maximum absolute atomic E-state index is 14.7. The molecule has 1 aliphatic rings. The Morgan fingerprint density at radius 3 is 0.656 bits per heavy atom. The Labute approximate surface area is 669 Å². The summed E-state index contributed by atoms with van der Waals surface area (Å²) in [5.41, 5.74) is -1.15. The van der Waals surface area contributed by atoms with Crippen LogP contribution >= 0.6 is 203 Å². The van der Waals surface area contributed by atoms with E-state index in [1.807, 2.05) is 0 Å². The van der Waals surface area contributed by atoms with Crippen LogP contribution in [0.5, 0.6) is 17.2 Å². The molecule has 0 aliphatic carbocycles. The molecule has 42 heteroatoms. The van der Waals surface area contributed by atoms with E-state index in [4.69, 9.17) is 14.2 Å². The second-order valence-electron chi connectivity index (χ2n) is 20.0. The highest BCUT2D eigenvalue weighted by molar-refractivity contribution is 14.1. The number of amides is 9. The number of nitrogens with one attached hydrogen (secondary N) is 6. The average Bonchev–Trinajstić information content (AvgIpc) is 0.812. The molecule has 1 aliphatic heterocycles. The number of hydrogen-bond donors (Lipinski definition) is 18. The second-order valence-corrected chi connectivity index (χ2v) is 29.7. The monoisotopic (exact) mass is 2360 g/mol. The lowest BCUT2D eigenvalue weighted by Crippen LogP contribution is -2.44.